The molecule has 0 spiro atoms. The topological polar surface area (TPSA) is 84.9 Å². The second-order valence-electron chi connectivity index (χ2n) is 5.55. The molecule has 0 saturated carbocycles. The highest BCUT2D eigenvalue weighted by Crippen LogP contribution is 2.36. The van der Waals surface area contributed by atoms with E-state index in [0.29, 0.717) is 24.3 Å². The van der Waals surface area contributed by atoms with Crippen LogP contribution in [0.25, 0.3) is 0 Å². The van der Waals surface area contributed by atoms with Crippen LogP contribution in [0.2, 0.25) is 5.02 Å². The summed E-state index contributed by atoms with van der Waals surface area (Å²) in [7, 11) is -4.28. The molecule has 0 bridgehead atoms. The van der Waals surface area contributed by atoms with Crippen molar-refractivity contribution in [3.05, 3.63) is 34.9 Å². The van der Waals surface area contributed by atoms with Gasteiger partial charge in [-0.05, 0) is 24.5 Å². The van der Waals surface area contributed by atoms with Crippen molar-refractivity contribution in [2.45, 2.75) is 51.1 Å². The summed E-state index contributed by atoms with van der Waals surface area (Å²) in [5.74, 6) is -0.739. The van der Waals surface area contributed by atoms with Gasteiger partial charge in [-0.15, -0.1) is 0 Å². The van der Waals surface area contributed by atoms with Gasteiger partial charge in [-0.1, -0.05) is 43.6 Å². The molecule has 1 aromatic carbocycles. The summed E-state index contributed by atoms with van der Waals surface area (Å²) in [6, 6.07) is 7.43. The van der Waals surface area contributed by atoms with Crippen molar-refractivity contribution in [2.75, 3.05) is 6.54 Å². The Balaban J connectivity index is 2.17. The first-order valence-corrected chi connectivity index (χ1v) is 9.41. The summed E-state index contributed by atoms with van der Waals surface area (Å²) < 4.78 is 44.9. The minimum absolute atomic E-state index is 0.0598. The van der Waals surface area contributed by atoms with E-state index in [9.17, 15) is 8.42 Å². The third-order valence-electron chi connectivity index (χ3n) is 4.07. The van der Waals surface area contributed by atoms with E-state index in [0.717, 1.165) is 5.56 Å². The molecule has 1 fully saturated rings. The highest BCUT2D eigenvalue weighted by Gasteiger charge is 2.45. The van der Waals surface area contributed by atoms with Gasteiger partial charge in [0.2, 0.25) is 0 Å². The smallest absolute Gasteiger partial charge is 0.333 e. The van der Waals surface area contributed by atoms with Gasteiger partial charge < -0.3 is 9.47 Å². The lowest BCUT2D eigenvalue weighted by molar-refractivity contribution is -0.178. The fourth-order valence-electron chi connectivity index (χ4n) is 2.73. The highest BCUT2D eigenvalue weighted by molar-refractivity contribution is 7.83. The predicted molar refractivity (Wildman–Crippen MR) is 87.8 cm³/mol. The summed E-state index contributed by atoms with van der Waals surface area (Å²) in [6.07, 6.45) is 0.923. The minimum atomic E-state index is -4.28. The van der Waals surface area contributed by atoms with E-state index in [1.165, 1.54) is 0 Å². The van der Waals surface area contributed by atoms with Crippen LogP contribution in [0.4, 0.5) is 0 Å². The van der Waals surface area contributed by atoms with E-state index in [2.05, 4.69) is 4.72 Å². The van der Waals surface area contributed by atoms with Crippen LogP contribution in [-0.4, -0.2) is 37.5 Å². The molecule has 0 aromatic heterocycles. The number of rotatable bonds is 7. The summed E-state index contributed by atoms with van der Waals surface area (Å²) in [4.78, 5) is 0. The Morgan fingerprint density at radius 3 is 2.39 bits per heavy atom. The third kappa shape index (κ3) is 4.89. The van der Waals surface area contributed by atoms with Crippen LogP contribution in [0, 0.1) is 0 Å². The van der Waals surface area contributed by atoms with Gasteiger partial charge in [-0.2, -0.15) is 13.1 Å². The molecule has 0 radical (unpaired) electrons. The van der Waals surface area contributed by atoms with Gasteiger partial charge in [0, 0.05) is 18.0 Å². The summed E-state index contributed by atoms with van der Waals surface area (Å²) >= 11 is 6.19. The van der Waals surface area contributed by atoms with Crippen LogP contribution < -0.4 is 4.72 Å². The molecule has 2 unspecified atom stereocenters. The number of hydrogen-bond donors (Lipinski definition) is 2. The Labute approximate surface area is 142 Å². The molecule has 2 rings (SSSR count). The van der Waals surface area contributed by atoms with Crippen molar-refractivity contribution in [3.8, 4) is 0 Å². The molecular weight excluding hydrogens is 342 g/mol. The zero-order valence-electron chi connectivity index (χ0n) is 13.2. The standard InChI is InChI=1S/C15H22ClNO5S/c1-3-15(4-2)21-13(9-11-7-5-6-8-12(11)16)14(22-15)10-17-23(18,19)20/h5-8,13-14,17H,3-4,9-10H2,1-2H3,(H,18,19,20). The molecule has 130 valence electrons. The zero-order valence-corrected chi connectivity index (χ0v) is 14.7. The van der Waals surface area contributed by atoms with Crippen LogP contribution in [0.5, 0.6) is 0 Å². The molecule has 1 aromatic rings. The fourth-order valence-corrected chi connectivity index (χ4v) is 3.32. The van der Waals surface area contributed by atoms with Crippen LogP contribution in [0.15, 0.2) is 24.3 Å². The monoisotopic (exact) mass is 363 g/mol. The number of ether oxygens (including phenoxy) is 2. The molecule has 2 atom stereocenters. The Morgan fingerprint density at radius 2 is 1.83 bits per heavy atom. The van der Waals surface area contributed by atoms with E-state index >= 15 is 0 Å². The van der Waals surface area contributed by atoms with E-state index < -0.39 is 22.2 Å². The van der Waals surface area contributed by atoms with Crippen LogP contribution in [0.1, 0.15) is 32.3 Å². The molecule has 23 heavy (non-hydrogen) atoms. The fraction of sp³-hybridized carbons (Fsp3) is 0.600. The lowest BCUT2D eigenvalue weighted by atomic mass is 10.0. The van der Waals surface area contributed by atoms with Gasteiger partial charge in [0.1, 0.15) is 6.10 Å². The van der Waals surface area contributed by atoms with Crippen molar-refractivity contribution < 1.29 is 22.4 Å². The molecule has 1 saturated heterocycles. The number of hydrogen-bond acceptors (Lipinski definition) is 4. The highest BCUT2D eigenvalue weighted by atomic mass is 35.5. The quantitative estimate of drug-likeness (QED) is 0.727. The second kappa shape index (κ2) is 7.46. The van der Waals surface area contributed by atoms with Gasteiger partial charge in [-0.25, -0.2) is 0 Å². The molecule has 6 nitrogen and oxygen atoms in total. The first-order valence-electron chi connectivity index (χ1n) is 7.59. The molecular formula is C15H22ClNO5S. The Bertz CT molecular complexity index is 633. The molecule has 8 heteroatoms. The van der Waals surface area contributed by atoms with E-state index in [-0.39, 0.29) is 12.6 Å². The molecule has 1 aliphatic rings. The van der Waals surface area contributed by atoms with Crippen molar-refractivity contribution >= 4 is 21.9 Å². The first-order chi connectivity index (χ1) is 10.8. The van der Waals surface area contributed by atoms with Crippen molar-refractivity contribution in [1.82, 2.24) is 4.72 Å². The summed E-state index contributed by atoms with van der Waals surface area (Å²) in [5, 5.41) is 0.628. The SMILES string of the molecule is CCC1(CC)OC(CNS(=O)(=O)O)C(Cc2ccccc2Cl)O1. The lowest BCUT2D eigenvalue weighted by Gasteiger charge is -2.25. The lowest BCUT2D eigenvalue weighted by Crippen LogP contribution is -2.38. The van der Waals surface area contributed by atoms with Gasteiger partial charge in [0.15, 0.2) is 5.79 Å². The largest absolute Gasteiger partial charge is 0.344 e. The van der Waals surface area contributed by atoms with E-state index in [1.807, 2.05) is 32.0 Å². The average Bonchev–Trinajstić information content (AvgIpc) is 2.86. The molecule has 0 amide bonds. The first kappa shape index (κ1) is 18.6. The third-order valence-corrected chi connectivity index (χ3v) is 4.97. The number of halogens is 1. The van der Waals surface area contributed by atoms with Crippen molar-refractivity contribution in [1.29, 1.82) is 0 Å². The van der Waals surface area contributed by atoms with Crippen LogP contribution >= 0.6 is 11.6 Å². The van der Waals surface area contributed by atoms with Crippen molar-refractivity contribution in [2.24, 2.45) is 0 Å². The van der Waals surface area contributed by atoms with E-state index in [1.54, 1.807) is 6.07 Å². The van der Waals surface area contributed by atoms with Crippen LogP contribution in [0.3, 0.4) is 0 Å². The predicted octanol–water partition coefficient (Wildman–Crippen LogP) is 2.58. The Morgan fingerprint density at radius 1 is 1.22 bits per heavy atom. The van der Waals surface area contributed by atoms with Gasteiger partial charge in [0.25, 0.3) is 0 Å². The number of benzene rings is 1. The van der Waals surface area contributed by atoms with Gasteiger partial charge in [0.05, 0.1) is 6.10 Å². The molecule has 2 N–H and O–H groups in total. The molecule has 1 heterocycles. The van der Waals surface area contributed by atoms with Gasteiger partial charge >= 0.3 is 10.3 Å². The maximum absolute atomic E-state index is 10.9. The maximum atomic E-state index is 10.9. The zero-order chi connectivity index (χ0) is 17.1. The average molecular weight is 364 g/mol. The summed E-state index contributed by atoms with van der Waals surface area (Å²) in [6.45, 7) is 3.85. The maximum Gasteiger partial charge on any atom is 0.333 e. The van der Waals surface area contributed by atoms with Crippen molar-refractivity contribution in [3.63, 3.8) is 0 Å². The van der Waals surface area contributed by atoms with Gasteiger partial charge in [-0.3, -0.25) is 4.55 Å². The number of nitrogens with one attached hydrogen (secondary N) is 1. The minimum Gasteiger partial charge on any atom is -0.344 e. The molecule has 0 aliphatic carbocycles. The van der Waals surface area contributed by atoms with E-state index in [4.69, 9.17) is 25.6 Å². The Hall–Kier alpha value is -0.700. The molecule has 1 aliphatic heterocycles. The normalized spacial score (nSPS) is 24.0. The van der Waals surface area contributed by atoms with Crippen LogP contribution in [-0.2, 0) is 26.2 Å². The Kier molecular flexibility index (Phi) is 6.05. The summed E-state index contributed by atoms with van der Waals surface area (Å²) in [5.41, 5.74) is 0.905. The second-order valence-corrected chi connectivity index (χ2v) is 7.20.